The van der Waals surface area contributed by atoms with Crippen LogP contribution in [0.25, 0.3) is 0 Å². The summed E-state index contributed by atoms with van der Waals surface area (Å²) in [4.78, 5) is 25.2. The maximum absolute atomic E-state index is 11.7. The molecular weight excluding hydrogens is 244 g/mol. The number of rotatable bonds is 5. The van der Waals surface area contributed by atoms with Gasteiger partial charge in [0.25, 0.3) is 0 Å². The summed E-state index contributed by atoms with van der Waals surface area (Å²) in [6.45, 7) is 6.68. The molecule has 1 aliphatic heterocycles. The lowest BCUT2D eigenvalue weighted by molar-refractivity contribution is -0.121. The molecule has 3 amide bonds. The highest BCUT2D eigenvalue weighted by Gasteiger charge is 2.20. The standard InChI is InChI=1S/C13H26N4O2/c1-10(2)8-15-13(19)16-12(18)9-17-6-4-11(14-3)5-7-17/h10-11,14H,4-9H2,1-3H3,(H2,15,16,18,19). The van der Waals surface area contributed by atoms with Gasteiger partial charge in [0.2, 0.25) is 5.91 Å². The predicted octanol–water partition coefficient (Wildman–Crippen LogP) is 0.152. The monoisotopic (exact) mass is 270 g/mol. The molecule has 110 valence electrons. The summed E-state index contributed by atoms with van der Waals surface area (Å²) < 4.78 is 0. The van der Waals surface area contributed by atoms with Crippen LogP contribution in [-0.2, 0) is 4.79 Å². The molecule has 19 heavy (non-hydrogen) atoms. The number of hydrogen-bond donors (Lipinski definition) is 3. The third-order valence-corrected chi connectivity index (χ3v) is 3.29. The van der Waals surface area contributed by atoms with Crippen molar-refractivity contribution >= 4 is 11.9 Å². The molecule has 0 radical (unpaired) electrons. The van der Waals surface area contributed by atoms with Gasteiger partial charge in [-0.05, 0) is 25.8 Å². The fourth-order valence-electron chi connectivity index (χ4n) is 2.09. The van der Waals surface area contributed by atoms with Gasteiger partial charge in [0.1, 0.15) is 0 Å². The Balaban J connectivity index is 2.19. The third-order valence-electron chi connectivity index (χ3n) is 3.29. The van der Waals surface area contributed by atoms with Crippen molar-refractivity contribution in [3.8, 4) is 0 Å². The predicted molar refractivity (Wildman–Crippen MR) is 74.9 cm³/mol. The van der Waals surface area contributed by atoms with Crippen molar-refractivity contribution in [3.05, 3.63) is 0 Å². The average Bonchev–Trinajstić information content (AvgIpc) is 2.37. The molecule has 0 aromatic heterocycles. The second kappa shape index (κ2) is 8.12. The van der Waals surface area contributed by atoms with Gasteiger partial charge in [0.05, 0.1) is 6.54 Å². The van der Waals surface area contributed by atoms with E-state index in [4.69, 9.17) is 0 Å². The zero-order valence-electron chi connectivity index (χ0n) is 12.2. The molecule has 0 spiro atoms. The van der Waals surface area contributed by atoms with E-state index in [1.807, 2.05) is 20.9 Å². The number of likely N-dealkylation sites (tertiary alicyclic amines) is 1. The smallest absolute Gasteiger partial charge is 0.321 e. The van der Waals surface area contributed by atoms with Crippen LogP contribution < -0.4 is 16.0 Å². The summed E-state index contributed by atoms with van der Waals surface area (Å²) in [5.74, 6) is 0.144. The van der Waals surface area contributed by atoms with Crippen LogP contribution in [0.2, 0.25) is 0 Å². The number of imide groups is 1. The first-order chi connectivity index (χ1) is 9.01. The lowest BCUT2D eigenvalue weighted by Gasteiger charge is -2.31. The summed E-state index contributed by atoms with van der Waals surface area (Å²) in [5, 5.41) is 8.27. The summed E-state index contributed by atoms with van der Waals surface area (Å²) >= 11 is 0. The van der Waals surface area contributed by atoms with Gasteiger partial charge >= 0.3 is 6.03 Å². The summed E-state index contributed by atoms with van der Waals surface area (Å²) in [5.41, 5.74) is 0. The van der Waals surface area contributed by atoms with Crippen LogP contribution in [0.15, 0.2) is 0 Å². The van der Waals surface area contributed by atoms with Crippen molar-refractivity contribution in [2.45, 2.75) is 32.7 Å². The lowest BCUT2D eigenvalue weighted by atomic mass is 10.1. The van der Waals surface area contributed by atoms with Crippen LogP contribution in [-0.4, -0.2) is 56.1 Å². The van der Waals surface area contributed by atoms with E-state index < -0.39 is 6.03 Å². The number of amides is 3. The maximum atomic E-state index is 11.7. The molecule has 0 saturated carbocycles. The second-order valence-electron chi connectivity index (χ2n) is 5.49. The van der Waals surface area contributed by atoms with Crippen molar-refractivity contribution in [1.82, 2.24) is 20.9 Å². The van der Waals surface area contributed by atoms with Crippen LogP contribution >= 0.6 is 0 Å². The number of urea groups is 1. The zero-order valence-corrected chi connectivity index (χ0v) is 12.2. The number of nitrogens with zero attached hydrogens (tertiary/aromatic N) is 1. The van der Waals surface area contributed by atoms with E-state index in [0.29, 0.717) is 25.0 Å². The molecule has 1 aliphatic rings. The van der Waals surface area contributed by atoms with E-state index in [2.05, 4.69) is 20.9 Å². The quantitative estimate of drug-likeness (QED) is 0.665. The van der Waals surface area contributed by atoms with E-state index in [9.17, 15) is 9.59 Å². The van der Waals surface area contributed by atoms with Gasteiger partial charge in [-0.3, -0.25) is 15.0 Å². The fraction of sp³-hybridized carbons (Fsp3) is 0.846. The van der Waals surface area contributed by atoms with Gasteiger partial charge in [-0.15, -0.1) is 0 Å². The molecule has 0 aromatic rings. The van der Waals surface area contributed by atoms with Gasteiger partial charge in [-0.1, -0.05) is 13.8 Å². The van der Waals surface area contributed by atoms with Gasteiger partial charge in [-0.2, -0.15) is 0 Å². The normalized spacial score (nSPS) is 17.5. The minimum Gasteiger partial charge on any atom is -0.338 e. The minimum atomic E-state index is -0.399. The Morgan fingerprint density at radius 3 is 2.42 bits per heavy atom. The zero-order chi connectivity index (χ0) is 14.3. The third kappa shape index (κ3) is 6.54. The van der Waals surface area contributed by atoms with E-state index in [0.717, 1.165) is 25.9 Å². The Morgan fingerprint density at radius 2 is 1.89 bits per heavy atom. The fourth-order valence-corrected chi connectivity index (χ4v) is 2.09. The maximum Gasteiger partial charge on any atom is 0.321 e. The number of piperidine rings is 1. The van der Waals surface area contributed by atoms with Crippen LogP contribution in [0.4, 0.5) is 4.79 Å². The first-order valence-corrected chi connectivity index (χ1v) is 6.98. The molecule has 1 rings (SSSR count). The largest absolute Gasteiger partial charge is 0.338 e. The van der Waals surface area contributed by atoms with E-state index >= 15 is 0 Å². The number of carbonyl (C=O) groups excluding carboxylic acids is 2. The molecule has 0 unspecified atom stereocenters. The van der Waals surface area contributed by atoms with Crippen molar-refractivity contribution in [3.63, 3.8) is 0 Å². The minimum absolute atomic E-state index is 0.232. The molecule has 6 heteroatoms. The molecule has 0 bridgehead atoms. The van der Waals surface area contributed by atoms with Crippen molar-refractivity contribution in [2.24, 2.45) is 5.92 Å². The number of hydrogen-bond acceptors (Lipinski definition) is 4. The number of nitrogens with one attached hydrogen (secondary N) is 3. The first kappa shape index (κ1) is 15.9. The Bertz CT molecular complexity index is 299. The van der Waals surface area contributed by atoms with Crippen molar-refractivity contribution in [1.29, 1.82) is 0 Å². The summed E-state index contributed by atoms with van der Waals surface area (Å²) in [6.07, 6.45) is 2.09. The van der Waals surface area contributed by atoms with Crippen molar-refractivity contribution < 1.29 is 9.59 Å². The molecule has 1 fully saturated rings. The molecule has 0 aliphatic carbocycles. The van der Waals surface area contributed by atoms with Gasteiger partial charge < -0.3 is 10.6 Å². The van der Waals surface area contributed by atoms with Gasteiger partial charge in [-0.25, -0.2) is 4.79 Å². The van der Waals surface area contributed by atoms with Crippen LogP contribution in [0.3, 0.4) is 0 Å². The molecule has 6 nitrogen and oxygen atoms in total. The van der Waals surface area contributed by atoms with Gasteiger partial charge in [0, 0.05) is 25.7 Å². The first-order valence-electron chi connectivity index (χ1n) is 6.98. The molecule has 3 N–H and O–H groups in total. The Labute approximate surface area is 115 Å². The summed E-state index contributed by atoms with van der Waals surface area (Å²) in [6, 6.07) is 0.150. The SMILES string of the molecule is CNC1CCN(CC(=O)NC(=O)NCC(C)C)CC1. The van der Waals surface area contributed by atoms with Gasteiger partial charge in [0.15, 0.2) is 0 Å². The summed E-state index contributed by atoms with van der Waals surface area (Å²) in [7, 11) is 1.96. The topological polar surface area (TPSA) is 73.5 Å². The Kier molecular flexibility index (Phi) is 6.80. The highest BCUT2D eigenvalue weighted by Crippen LogP contribution is 2.08. The Morgan fingerprint density at radius 1 is 1.26 bits per heavy atom. The second-order valence-corrected chi connectivity index (χ2v) is 5.49. The van der Waals surface area contributed by atoms with Crippen LogP contribution in [0, 0.1) is 5.92 Å². The van der Waals surface area contributed by atoms with Crippen LogP contribution in [0.5, 0.6) is 0 Å². The molecule has 1 heterocycles. The highest BCUT2D eigenvalue weighted by molar-refractivity contribution is 5.95. The lowest BCUT2D eigenvalue weighted by Crippen LogP contribution is -2.48. The molecule has 0 aromatic carbocycles. The van der Waals surface area contributed by atoms with E-state index in [-0.39, 0.29) is 5.91 Å². The Hall–Kier alpha value is -1.14. The number of carbonyl (C=O) groups is 2. The van der Waals surface area contributed by atoms with E-state index in [1.54, 1.807) is 0 Å². The molecular formula is C13H26N4O2. The van der Waals surface area contributed by atoms with Crippen LogP contribution in [0.1, 0.15) is 26.7 Å². The molecule has 0 atom stereocenters. The molecule has 1 saturated heterocycles. The average molecular weight is 270 g/mol. The highest BCUT2D eigenvalue weighted by atomic mass is 16.2. The van der Waals surface area contributed by atoms with E-state index in [1.165, 1.54) is 0 Å². The van der Waals surface area contributed by atoms with Crippen molar-refractivity contribution in [2.75, 3.05) is 33.2 Å².